The molecule has 2 rings (SSSR count). The minimum absolute atomic E-state index is 0.128. The first-order valence-corrected chi connectivity index (χ1v) is 5.79. The Balaban J connectivity index is 2.34. The number of halogens is 3. The third kappa shape index (κ3) is 3.35. The summed E-state index contributed by atoms with van der Waals surface area (Å²) < 4.78 is 39.5. The summed E-state index contributed by atoms with van der Waals surface area (Å²) in [5.74, 6) is 4.77. The van der Waals surface area contributed by atoms with Crippen LogP contribution in [0.25, 0.3) is 0 Å². The standard InChI is InChI=1S/C9H9F3N6S/c1-18-4-5(3-14-18)19-7-2-6(9(10,11)12)15-8(16-7)17-13/h2-4H,13H2,1H3,(H,15,16,17). The summed E-state index contributed by atoms with van der Waals surface area (Å²) in [6.07, 6.45) is -1.37. The fourth-order valence-corrected chi connectivity index (χ4v) is 2.11. The van der Waals surface area contributed by atoms with Gasteiger partial charge in [0.2, 0.25) is 5.95 Å². The predicted octanol–water partition coefficient (Wildman–Crippen LogP) is 1.67. The molecule has 3 N–H and O–H groups in total. The highest BCUT2D eigenvalue weighted by Gasteiger charge is 2.33. The number of hydrazine groups is 1. The Morgan fingerprint density at radius 2 is 2.11 bits per heavy atom. The van der Waals surface area contributed by atoms with Gasteiger partial charge >= 0.3 is 6.18 Å². The molecule has 0 aliphatic heterocycles. The third-order valence-corrected chi connectivity index (χ3v) is 2.89. The van der Waals surface area contributed by atoms with Crippen LogP contribution in [0.1, 0.15) is 5.69 Å². The molecule has 10 heteroatoms. The number of nitrogens with one attached hydrogen (secondary N) is 1. The summed E-state index contributed by atoms with van der Waals surface area (Å²) in [5, 5.41) is 4.04. The lowest BCUT2D eigenvalue weighted by Gasteiger charge is -2.09. The van der Waals surface area contributed by atoms with Gasteiger partial charge in [-0.2, -0.15) is 18.3 Å². The number of aryl methyl sites for hydroxylation is 1. The zero-order valence-electron chi connectivity index (χ0n) is 9.64. The molecule has 0 fully saturated rings. The molecule has 0 spiro atoms. The van der Waals surface area contributed by atoms with Crippen molar-refractivity contribution < 1.29 is 13.2 Å². The van der Waals surface area contributed by atoms with Crippen LogP contribution in [0.15, 0.2) is 28.4 Å². The Morgan fingerprint density at radius 1 is 1.37 bits per heavy atom. The van der Waals surface area contributed by atoms with Crippen LogP contribution in [-0.2, 0) is 13.2 Å². The van der Waals surface area contributed by atoms with E-state index >= 15 is 0 Å². The van der Waals surface area contributed by atoms with E-state index < -0.39 is 11.9 Å². The monoisotopic (exact) mass is 290 g/mol. The second-order valence-corrected chi connectivity index (χ2v) is 4.60. The van der Waals surface area contributed by atoms with Crippen molar-refractivity contribution in [2.24, 2.45) is 12.9 Å². The van der Waals surface area contributed by atoms with Gasteiger partial charge in [-0.25, -0.2) is 15.8 Å². The van der Waals surface area contributed by atoms with E-state index in [1.54, 1.807) is 13.2 Å². The molecule has 2 aromatic rings. The fourth-order valence-electron chi connectivity index (χ4n) is 1.26. The van der Waals surface area contributed by atoms with E-state index in [9.17, 15) is 13.2 Å². The van der Waals surface area contributed by atoms with E-state index in [0.29, 0.717) is 4.90 Å². The van der Waals surface area contributed by atoms with Gasteiger partial charge in [0.1, 0.15) is 5.03 Å². The molecule has 2 heterocycles. The third-order valence-electron chi connectivity index (χ3n) is 2.03. The van der Waals surface area contributed by atoms with Crippen molar-refractivity contribution in [1.29, 1.82) is 0 Å². The minimum atomic E-state index is -4.56. The van der Waals surface area contributed by atoms with Crippen molar-refractivity contribution in [3.05, 3.63) is 24.2 Å². The van der Waals surface area contributed by atoms with Gasteiger partial charge in [0.15, 0.2) is 5.69 Å². The number of anilines is 1. The summed E-state index contributed by atoms with van der Waals surface area (Å²) in [7, 11) is 1.71. The molecule has 0 aromatic carbocycles. The highest BCUT2D eigenvalue weighted by Crippen LogP contribution is 2.32. The number of alkyl halides is 3. The quantitative estimate of drug-likeness (QED) is 0.508. The molecule has 0 radical (unpaired) electrons. The van der Waals surface area contributed by atoms with Crippen molar-refractivity contribution in [2.75, 3.05) is 5.43 Å². The first-order valence-electron chi connectivity index (χ1n) is 4.98. The molecule has 102 valence electrons. The number of nitrogens with zero attached hydrogens (tertiary/aromatic N) is 4. The van der Waals surface area contributed by atoms with E-state index in [1.807, 2.05) is 5.43 Å². The van der Waals surface area contributed by atoms with Gasteiger partial charge in [0.25, 0.3) is 0 Å². The minimum Gasteiger partial charge on any atom is -0.292 e. The maximum Gasteiger partial charge on any atom is 0.433 e. The summed E-state index contributed by atoms with van der Waals surface area (Å²) >= 11 is 1.04. The highest BCUT2D eigenvalue weighted by atomic mass is 32.2. The van der Waals surface area contributed by atoms with Crippen LogP contribution < -0.4 is 11.3 Å². The highest BCUT2D eigenvalue weighted by molar-refractivity contribution is 7.99. The SMILES string of the molecule is Cn1cc(Sc2cc(C(F)(F)F)nc(NN)n2)cn1. The lowest BCUT2D eigenvalue weighted by Crippen LogP contribution is -2.15. The van der Waals surface area contributed by atoms with E-state index in [2.05, 4.69) is 15.1 Å². The molecule has 0 bridgehead atoms. The Labute approximate surface area is 110 Å². The van der Waals surface area contributed by atoms with Gasteiger partial charge in [0, 0.05) is 19.3 Å². The number of aromatic nitrogens is 4. The Morgan fingerprint density at radius 3 is 2.63 bits per heavy atom. The lowest BCUT2D eigenvalue weighted by molar-refractivity contribution is -0.141. The molecular weight excluding hydrogens is 281 g/mol. The average molecular weight is 290 g/mol. The van der Waals surface area contributed by atoms with E-state index in [0.717, 1.165) is 17.8 Å². The summed E-state index contributed by atoms with van der Waals surface area (Å²) in [6, 6.07) is 0.860. The van der Waals surface area contributed by atoms with Gasteiger partial charge in [-0.1, -0.05) is 11.8 Å². The maximum atomic E-state index is 12.6. The largest absolute Gasteiger partial charge is 0.433 e. The van der Waals surface area contributed by atoms with Gasteiger partial charge < -0.3 is 0 Å². The fraction of sp³-hybridized carbons (Fsp3) is 0.222. The molecule has 2 aromatic heterocycles. The zero-order chi connectivity index (χ0) is 14.0. The summed E-state index contributed by atoms with van der Waals surface area (Å²) in [6.45, 7) is 0. The van der Waals surface area contributed by atoms with E-state index in [4.69, 9.17) is 5.84 Å². The Kier molecular flexibility index (Phi) is 3.62. The van der Waals surface area contributed by atoms with Crippen LogP contribution in [0.2, 0.25) is 0 Å². The van der Waals surface area contributed by atoms with Crippen molar-refractivity contribution in [3.63, 3.8) is 0 Å². The number of nitrogens with two attached hydrogens (primary N) is 1. The van der Waals surface area contributed by atoms with Gasteiger partial charge in [-0.05, 0) is 0 Å². The number of hydrogen-bond acceptors (Lipinski definition) is 6. The van der Waals surface area contributed by atoms with Gasteiger partial charge in [0.05, 0.1) is 11.1 Å². The van der Waals surface area contributed by atoms with Crippen LogP contribution in [0, 0.1) is 0 Å². The Bertz CT molecular complexity index is 582. The lowest BCUT2D eigenvalue weighted by atomic mass is 10.4. The topological polar surface area (TPSA) is 81.7 Å². The molecule has 0 saturated carbocycles. The molecular formula is C9H9F3N6S. The first-order chi connectivity index (χ1) is 8.88. The van der Waals surface area contributed by atoms with Crippen LogP contribution in [0.4, 0.5) is 19.1 Å². The van der Waals surface area contributed by atoms with Crippen molar-refractivity contribution in [2.45, 2.75) is 16.1 Å². The second kappa shape index (κ2) is 5.05. The molecule has 0 saturated heterocycles. The Hall–Kier alpha value is -1.81. The van der Waals surface area contributed by atoms with Crippen molar-refractivity contribution in [1.82, 2.24) is 19.7 Å². The molecule has 0 aliphatic carbocycles. The predicted molar refractivity (Wildman–Crippen MR) is 62.2 cm³/mol. The second-order valence-electron chi connectivity index (χ2n) is 3.51. The van der Waals surface area contributed by atoms with Crippen molar-refractivity contribution in [3.8, 4) is 0 Å². The van der Waals surface area contributed by atoms with Crippen LogP contribution in [0.5, 0.6) is 0 Å². The zero-order valence-corrected chi connectivity index (χ0v) is 10.5. The maximum absolute atomic E-state index is 12.6. The summed E-state index contributed by atoms with van der Waals surface area (Å²) in [5.41, 5.74) is 0.961. The van der Waals surface area contributed by atoms with Crippen LogP contribution in [0.3, 0.4) is 0 Å². The van der Waals surface area contributed by atoms with Gasteiger partial charge in [-0.3, -0.25) is 10.1 Å². The van der Waals surface area contributed by atoms with Crippen LogP contribution in [-0.4, -0.2) is 19.7 Å². The van der Waals surface area contributed by atoms with Gasteiger partial charge in [-0.15, -0.1) is 0 Å². The van der Waals surface area contributed by atoms with E-state index in [1.165, 1.54) is 10.9 Å². The smallest absolute Gasteiger partial charge is 0.292 e. The number of hydrogen-bond donors (Lipinski definition) is 2. The summed E-state index contributed by atoms with van der Waals surface area (Å²) in [4.78, 5) is 7.78. The normalized spacial score (nSPS) is 11.6. The molecule has 6 nitrogen and oxygen atoms in total. The molecule has 0 atom stereocenters. The molecule has 0 unspecified atom stereocenters. The number of nitrogen functional groups attached to an aromatic ring is 1. The van der Waals surface area contributed by atoms with Crippen molar-refractivity contribution >= 4 is 17.7 Å². The first kappa shape index (κ1) is 13.6. The molecule has 0 amide bonds. The van der Waals surface area contributed by atoms with Crippen LogP contribution >= 0.6 is 11.8 Å². The molecule has 19 heavy (non-hydrogen) atoms. The van der Waals surface area contributed by atoms with E-state index in [-0.39, 0.29) is 11.0 Å². The number of rotatable bonds is 3. The molecule has 0 aliphatic rings. The average Bonchev–Trinajstić information content (AvgIpc) is 2.73.